The maximum Gasteiger partial charge on any atom is 0.234 e. The number of thioether (sulfide) groups is 1. The second-order valence-corrected chi connectivity index (χ2v) is 7.90. The Hall–Kier alpha value is -2.71. The van der Waals surface area contributed by atoms with Crippen molar-refractivity contribution in [3.8, 4) is 11.4 Å². The van der Waals surface area contributed by atoms with Crippen molar-refractivity contribution in [2.75, 3.05) is 24.8 Å². The number of rotatable bonds is 10. The van der Waals surface area contributed by atoms with Crippen LogP contribution in [-0.4, -0.2) is 45.1 Å². The minimum atomic E-state index is -0.0805. The number of methoxy groups -OCH3 is 1. The van der Waals surface area contributed by atoms with Crippen molar-refractivity contribution in [2.45, 2.75) is 37.9 Å². The van der Waals surface area contributed by atoms with Crippen molar-refractivity contribution in [1.29, 1.82) is 0 Å². The highest BCUT2D eigenvalue weighted by Gasteiger charge is 2.16. The molecule has 0 spiro atoms. The molecule has 2 heterocycles. The third kappa shape index (κ3) is 5.67. The first-order valence-electron chi connectivity index (χ1n) is 9.97. The molecule has 0 aliphatic rings. The number of amides is 1. The van der Waals surface area contributed by atoms with E-state index in [2.05, 4.69) is 46.5 Å². The van der Waals surface area contributed by atoms with Crippen molar-refractivity contribution in [3.05, 3.63) is 54.4 Å². The Bertz CT molecular complexity index is 944. The molecule has 0 saturated carbocycles. The Balaban J connectivity index is 1.64. The Morgan fingerprint density at radius 3 is 2.57 bits per heavy atom. The lowest BCUT2D eigenvalue weighted by atomic mass is 9.99. The zero-order valence-electron chi connectivity index (χ0n) is 17.5. The monoisotopic (exact) mass is 425 g/mol. The molecule has 3 rings (SSSR count). The molecule has 8 heteroatoms. The highest BCUT2D eigenvalue weighted by Crippen LogP contribution is 2.24. The molecule has 0 fully saturated rings. The fourth-order valence-corrected chi connectivity index (χ4v) is 3.72. The minimum Gasteiger partial charge on any atom is -0.383 e. The molecule has 1 aromatic carbocycles. The quantitative estimate of drug-likeness (QED) is 0.490. The van der Waals surface area contributed by atoms with Crippen molar-refractivity contribution >= 4 is 23.4 Å². The number of carbonyl (C=O) groups is 1. The smallest absolute Gasteiger partial charge is 0.234 e. The fourth-order valence-electron chi connectivity index (χ4n) is 2.95. The van der Waals surface area contributed by atoms with Gasteiger partial charge in [0.2, 0.25) is 5.91 Å². The average molecular weight is 426 g/mol. The Kier molecular flexibility index (Phi) is 7.98. The van der Waals surface area contributed by atoms with E-state index in [1.807, 2.05) is 28.8 Å². The van der Waals surface area contributed by atoms with Crippen molar-refractivity contribution in [2.24, 2.45) is 0 Å². The van der Waals surface area contributed by atoms with E-state index in [0.717, 1.165) is 23.5 Å². The number of nitrogens with one attached hydrogen (secondary N) is 1. The summed E-state index contributed by atoms with van der Waals surface area (Å²) in [5.74, 6) is 1.41. The number of ether oxygens (including phenoxy) is 1. The third-order valence-electron chi connectivity index (χ3n) is 4.88. The van der Waals surface area contributed by atoms with Crippen LogP contribution in [0.2, 0.25) is 0 Å². The van der Waals surface area contributed by atoms with Crippen LogP contribution in [0.15, 0.2) is 53.9 Å². The lowest BCUT2D eigenvalue weighted by Gasteiger charge is -2.11. The molecule has 0 aliphatic carbocycles. The molecule has 2 aromatic heterocycles. The zero-order chi connectivity index (χ0) is 21.3. The van der Waals surface area contributed by atoms with Crippen LogP contribution in [0.5, 0.6) is 0 Å². The van der Waals surface area contributed by atoms with E-state index in [-0.39, 0.29) is 11.7 Å². The number of nitrogens with zero attached hydrogens (tertiary/aromatic N) is 4. The normalized spacial score (nSPS) is 12.0. The van der Waals surface area contributed by atoms with E-state index in [1.54, 1.807) is 19.5 Å². The molecule has 0 unspecified atom stereocenters. The van der Waals surface area contributed by atoms with Gasteiger partial charge in [-0.05, 0) is 42.2 Å². The summed E-state index contributed by atoms with van der Waals surface area (Å²) < 4.78 is 7.19. The largest absolute Gasteiger partial charge is 0.383 e. The van der Waals surface area contributed by atoms with Gasteiger partial charge in [-0.1, -0.05) is 37.7 Å². The highest BCUT2D eigenvalue weighted by molar-refractivity contribution is 7.99. The lowest BCUT2D eigenvalue weighted by molar-refractivity contribution is -0.113. The molecule has 158 valence electrons. The molecule has 0 saturated heterocycles. The molecule has 0 radical (unpaired) electrons. The van der Waals surface area contributed by atoms with Crippen LogP contribution in [0, 0.1) is 0 Å². The first kappa shape index (κ1) is 22.0. The summed E-state index contributed by atoms with van der Waals surface area (Å²) in [6.45, 7) is 5.49. The molecular weight excluding hydrogens is 398 g/mol. The van der Waals surface area contributed by atoms with E-state index in [0.29, 0.717) is 24.2 Å². The maximum atomic E-state index is 12.4. The number of hydrogen-bond acceptors (Lipinski definition) is 6. The number of pyridine rings is 1. The summed E-state index contributed by atoms with van der Waals surface area (Å²) in [7, 11) is 1.66. The van der Waals surface area contributed by atoms with Crippen molar-refractivity contribution in [1.82, 2.24) is 19.7 Å². The summed E-state index contributed by atoms with van der Waals surface area (Å²) in [6.07, 6.45) is 4.53. The van der Waals surface area contributed by atoms with Crippen LogP contribution in [-0.2, 0) is 16.1 Å². The second kappa shape index (κ2) is 10.9. The standard InChI is InChI=1S/C22H27N5O2S/c1-4-16(2)17-5-7-19(8-6-17)24-20(28)15-30-22-26-25-21(27(22)13-14-29-3)18-9-11-23-12-10-18/h5-12,16H,4,13-15H2,1-3H3,(H,24,28)/t16-/m1/s1. The van der Waals surface area contributed by atoms with Gasteiger partial charge in [0.15, 0.2) is 11.0 Å². The van der Waals surface area contributed by atoms with Crippen LogP contribution in [0.1, 0.15) is 31.7 Å². The van der Waals surface area contributed by atoms with Gasteiger partial charge in [0.05, 0.1) is 18.9 Å². The average Bonchev–Trinajstić information content (AvgIpc) is 3.19. The van der Waals surface area contributed by atoms with Gasteiger partial charge in [-0.2, -0.15) is 0 Å². The molecule has 0 aliphatic heterocycles. The van der Waals surface area contributed by atoms with Gasteiger partial charge >= 0.3 is 0 Å². The van der Waals surface area contributed by atoms with Gasteiger partial charge in [-0.3, -0.25) is 14.3 Å². The molecule has 1 atom stereocenters. The molecule has 7 nitrogen and oxygen atoms in total. The summed E-state index contributed by atoms with van der Waals surface area (Å²) >= 11 is 1.36. The Morgan fingerprint density at radius 1 is 1.17 bits per heavy atom. The molecular formula is C22H27N5O2S. The topological polar surface area (TPSA) is 81.9 Å². The molecule has 1 amide bonds. The van der Waals surface area contributed by atoms with Gasteiger partial charge in [-0.15, -0.1) is 10.2 Å². The van der Waals surface area contributed by atoms with Crippen LogP contribution in [0.3, 0.4) is 0 Å². The minimum absolute atomic E-state index is 0.0805. The molecule has 3 aromatic rings. The van der Waals surface area contributed by atoms with Gasteiger partial charge in [0.1, 0.15) is 0 Å². The molecule has 1 N–H and O–H groups in total. The van der Waals surface area contributed by atoms with Gasteiger partial charge in [0.25, 0.3) is 0 Å². The fraction of sp³-hybridized carbons (Fsp3) is 0.364. The van der Waals surface area contributed by atoms with Gasteiger partial charge in [-0.25, -0.2) is 0 Å². The van der Waals surface area contributed by atoms with Crippen LogP contribution in [0.25, 0.3) is 11.4 Å². The van der Waals surface area contributed by atoms with Crippen molar-refractivity contribution in [3.63, 3.8) is 0 Å². The Morgan fingerprint density at radius 2 is 1.90 bits per heavy atom. The zero-order valence-corrected chi connectivity index (χ0v) is 18.4. The van der Waals surface area contributed by atoms with E-state index < -0.39 is 0 Å². The van der Waals surface area contributed by atoms with Crippen LogP contribution >= 0.6 is 11.8 Å². The van der Waals surface area contributed by atoms with E-state index >= 15 is 0 Å². The number of anilines is 1. The highest BCUT2D eigenvalue weighted by atomic mass is 32.2. The number of benzene rings is 1. The summed E-state index contributed by atoms with van der Waals surface area (Å²) in [6, 6.07) is 11.8. The SMILES string of the molecule is CC[C@@H](C)c1ccc(NC(=O)CSc2nnc(-c3ccncc3)n2CCOC)cc1. The summed E-state index contributed by atoms with van der Waals surface area (Å²) in [5.41, 5.74) is 3.00. The number of hydrogen-bond donors (Lipinski definition) is 1. The van der Waals surface area contributed by atoms with Crippen LogP contribution < -0.4 is 5.32 Å². The van der Waals surface area contributed by atoms with E-state index in [1.165, 1.54) is 17.3 Å². The first-order chi connectivity index (χ1) is 14.6. The van der Waals surface area contributed by atoms with E-state index in [9.17, 15) is 4.79 Å². The summed E-state index contributed by atoms with van der Waals surface area (Å²) in [4.78, 5) is 16.5. The first-order valence-corrected chi connectivity index (χ1v) is 11.0. The van der Waals surface area contributed by atoms with Gasteiger partial charge < -0.3 is 10.1 Å². The van der Waals surface area contributed by atoms with Crippen LogP contribution in [0.4, 0.5) is 5.69 Å². The molecule has 30 heavy (non-hydrogen) atoms. The summed E-state index contributed by atoms with van der Waals surface area (Å²) in [5, 5.41) is 12.2. The number of aromatic nitrogens is 4. The Labute approximate surface area is 181 Å². The van der Waals surface area contributed by atoms with Gasteiger partial charge in [0, 0.05) is 30.8 Å². The number of carbonyl (C=O) groups excluding carboxylic acids is 1. The predicted molar refractivity (Wildman–Crippen MR) is 120 cm³/mol. The third-order valence-corrected chi connectivity index (χ3v) is 5.85. The lowest BCUT2D eigenvalue weighted by Crippen LogP contribution is -2.15. The predicted octanol–water partition coefficient (Wildman–Crippen LogP) is 4.23. The van der Waals surface area contributed by atoms with E-state index in [4.69, 9.17) is 4.74 Å². The maximum absolute atomic E-state index is 12.4. The molecule has 0 bridgehead atoms. The second-order valence-electron chi connectivity index (χ2n) is 6.95. The van der Waals surface area contributed by atoms with Crippen molar-refractivity contribution < 1.29 is 9.53 Å².